The van der Waals surface area contributed by atoms with Crippen molar-refractivity contribution < 1.29 is 0 Å². The lowest BCUT2D eigenvalue weighted by Crippen LogP contribution is -2.25. The summed E-state index contributed by atoms with van der Waals surface area (Å²) in [5.41, 5.74) is 0.966. The number of halogens is 2. The molecule has 0 aromatic heterocycles. The van der Waals surface area contributed by atoms with E-state index in [4.69, 9.17) is 11.6 Å². The fourth-order valence-corrected chi connectivity index (χ4v) is 2.61. The molecule has 3 rings (SSSR count). The molecule has 0 fully saturated rings. The van der Waals surface area contributed by atoms with E-state index in [0.29, 0.717) is 11.0 Å². The van der Waals surface area contributed by atoms with Crippen LogP contribution in [-0.4, -0.2) is 23.0 Å². The molecule has 6 heteroatoms. The molecule has 17 heavy (non-hydrogen) atoms. The minimum Gasteiger partial charge on any atom is -0.306 e. The van der Waals surface area contributed by atoms with E-state index in [1.165, 1.54) is 4.90 Å². The second kappa shape index (κ2) is 5.12. The lowest BCUT2D eigenvalue weighted by molar-refractivity contribution is 0.652. The summed E-state index contributed by atoms with van der Waals surface area (Å²) in [4.78, 5) is 11.9. The summed E-state index contributed by atoms with van der Waals surface area (Å²) in [5, 5.41) is 0.630. The van der Waals surface area contributed by atoms with Crippen molar-refractivity contribution in [3.05, 3.63) is 35.5 Å². The third kappa shape index (κ3) is 2.49. The average molecular weight is 286 g/mol. The Kier molecular flexibility index (Phi) is 3.76. The predicted octanol–water partition coefficient (Wildman–Crippen LogP) is 3.63. The Morgan fingerprint density at radius 2 is 2.12 bits per heavy atom. The number of benzene rings is 1. The summed E-state index contributed by atoms with van der Waals surface area (Å²) < 4.78 is 0. The molecular formula is C11H9Cl2N3S. The summed E-state index contributed by atoms with van der Waals surface area (Å²) in [5.74, 6) is 1.48. The molecule has 1 aromatic rings. The van der Waals surface area contributed by atoms with Crippen LogP contribution in [0.5, 0.6) is 0 Å². The highest BCUT2D eigenvalue weighted by Gasteiger charge is 2.17. The van der Waals surface area contributed by atoms with E-state index in [1.807, 2.05) is 29.3 Å². The molecule has 0 saturated carbocycles. The number of hydrogen-bond acceptors (Lipinski definition) is 4. The van der Waals surface area contributed by atoms with Crippen LogP contribution in [0.2, 0.25) is 0 Å². The van der Waals surface area contributed by atoms with Gasteiger partial charge in [-0.15, -0.1) is 24.2 Å². The summed E-state index contributed by atoms with van der Waals surface area (Å²) in [7, 11) is 0. The van der Waals surface area contributed by atoms with Crippen LogP contribution < -0.4 is 0 Å². The van der Waals surface area contributed by atoms with E-state index in [1.54, 1.807) is 18.0 Å². The first-order valence-electron chi connectivity index (χ1n) is 4.81. The van der Waals surface area contributed by atoms with Gasteiger partial charge in [-0.05, 0) is 12.1 Å². The van der Waals surface area contributed by atoms with Crippen molar-refractivity contribution >= 4 is 53.6 Å². The number of fused-ring (bicyclic) bond motifs is 2. The van der Waals surface area contributed by atoms with Crippen LogP contribution >= 0.6 is 35.8 Å². The first-order chi connectivity index (χ1) is 7.83. The zero-order valence-electron chi connectivity index (χ0n) is 8.71. The Labute approximate surface area is 115 Å². The molecule has 88 valence electrons. The number of aliphatic imine (C=N–C) groups is 2. The largest absolute Gasteiger partial charge is 0.306 e. The first-order valence-corrected chi connectivity index (χ1v) is 6.18. The quantitative estimate of drug-likeness (QED) is 0.728. The Hall–Kier alpha value is -0.970. The molecule has 0 spiro atoms. The average Bonchev–Trinajstić information content (AvgIpc) is 2.48. The maximum atomic E-state index is 5.91. The second-order valence-electron chi connectivity index (χ2n) is 3.39. The van der Waals surface area contributed by atoms with Crippen molar-refractivity contribution in [2.75, 3.05) is 5.88 Å². The molecule has 0 radical (unpaired) electrons. The van der Waals surface area contributed by atoms with Gasteiger partial charge >= 0.3 is 0 Å². The van der Waals surface area contributed by atoms with Crippen molar-refractivity contribution in [1.29, 1.82) is 0 Å². The Morgan fingerprint density at radius 3 is 3.00 bits per heavy atom. The number of guanidine groups is 1. The molecule has 0 saturated heterocycles. The lowest BCUT2D eigenvalue weighted by Gasteiger charge is -2.19. The monoisotopic (exact) mass is 285 g/mol. The minimum atomic E-state index is 0. The van der Waals surface area contributed by atoms with Crippen LogP contribution in [0, 0.1) is 0 Å². The van der Waals surface area contributed by atoms with Gasteiger partial charge < -0.3 is 4.90 Å². The molecule has 0 N–H and O–H groups in total. The summed E-state index contributed by atoms with van der Waals surface area (Å²) in [6.45, 7) is 0. The molecule has 0 bridgehead atoms. The van der Waals surface area contributed by atoms with E-state index in [0.717, 1.165) is 11.6 Å². The Balaban J connectivity index is 0.00000108. The Morgan fingerprint density at radius 1 is 1.29 bits per heavy atom. The third-order valence-electron chi connectivity index (χ3n) is 2.28. The topological polar surface area (TPSA) is 28.0 Å². The van der Waals surface area contributed by atoms with Crippen LogP contribution in [0.3, 0.4) is 0 Å². The van der Waals surface area contributed by atoms with E-state index in [-0.39, 0.29) is 12.4 Å². The van der Waals surface area contributed by atoms with Gasteiger partial charge in [0.25, 0.3) is 0 Å². The second-order valence-corrected chi connectivity index (χ2v) is 4.82. The van der Waals surface area contributed by atoms with Gasteiger partial charge in [-0.3, -0.25) is 0 Å². The predicted molar refractivity (Wildman–Crippen MR) is 75.8 cm³/mol. The zero-order chi connectivity index (χ0) is 11.0. The highest BCUT2D eigenvalue weighted by atomic mass is 35.5. The normalized spacial score (nSPS) is 17.1. The summed E-state index contributed by atoms with van der Waals surface area (Å²) >= 11 is 7.64. The molecule has 3 nitrogen and oxygen atoms in total. The highest BCUT2D eigenvalue weighted by Crippen LogP contribution is 2.33. The van der Waals surface area contributed by atoms with Crippen LogP contribution in [0.4, 0.5) is 5.69 Å². The van der Waals surface area contributed by atoms with Crippen LogP contribution in [0.1, 0.15) is 0 Å². The molecule has 2 heterocycles. The lowest BCUT2D eigenvalue weighted by atomic mass is 10.3. The van der Waals surface area contributed by atoms with Crippen molar-refractivity contribution in [2.45, 2.75) is 4.90 Å². The highest BCUT2D eigenvalue weighted by molar-refractivity contribution is 7.99. The number of thioether (sulfide) groups is 1. The number of rotatable bonds is 0. The maximum absolute atomic E-state index is 5.91. The molecular weight excluding hydrogens is 277 g/mol. The number of nitrogens with zero attached hydrogens (tertiary/aromatic N) is 3. The molecule has 0 aliphatic carbocycles. The standard InChI is InChI=1S/C11H8ClN3S.ClH/c12-8-5-13-11-14-9-3-1-2-4-10(9)16-7-15(11)6-8;/h1-6H,7H2;1H. The van der Waals surface area contributed by atoms with Crippen molar-refractivity contribution in [3.63, 3.8) is 0 Å². The Bertz CT molecular complexity index is 525. The van der Waals surface area contributed by atoms with E-state index in [9.17, 15) is 0 Å². The number of hydrogen-bond donors (Lipinski definition) is 0. The van der Waals surface area contributed by atoms with Gasteiger partial charge in [0.15, 0.2) is 0 Å². The zero-order valence-corrected chi connectivity index (χ0v) is 11.1. The van der Waals surface area contributed by atoms with Crippen LogP contribution in [-0.2, 0) is 0 Å². The molecule has 2 aliphatic rings. The van der Waals surface area contributed by atoms with E-state index >= 15 is 0 Å². The van der Waals surface area contributed by atoms with E-state index in [2.05, 4.69) is 16.1 Å². The number of allylic oxidation sites excluding steroid dienone is 1. The van der Waals surface area contributed by atoms with Crippen molar-refractivity contribution in [1.82, 2.24) is 4.90 Å². The van der Waals surface area contributed by atoms with Gasteiger partial charge in [-0.2, -0.15) is 0 Å². The fourth-order valence-electron chi connectivity index (χ4n) is 1.54. The summed E-state index contributed by atoms with van der Waals surface area (Å²) in [6, 6.07) is 8.06. The molecule has 0 unspecified atom stereocenters. The smallest absolute Gasteiger partial charge is 0.230 e. The van der Waals surface area contributed by atoms with Gasteiger partial charge in [0.1, 0.15) is 0 Å². The molecule has 1 aromatic carbocycles. The van der Waals surface area contributed by atoms with Gasteiger partial charge in [0.2, 0.25) is 5.96 Å². The number of para-hydroxylation sites is 1. The van der Waals surface area contributed by atoms with Gasteiger partial charge in [-0.25, -0.2) is 9.98 Å². The SMILES string of the molecule is Cl.ClC1=CN2CSc3ccccc3N=C2N=C1. The van der Waals surface area contributed by atoms with Gasteiger partial charge in [-0.1, -0.05) is 23.7 Å². The van der Waals surface area contributed by atoms with E-state index < -0.39 is 0 Å². The van der Waals surface area contributed by atoms with Crippen molar-refractivity contribution in [2.24, 2.45) is 9.98 Å². The fraction of sp³-hybridized carbons (Fsp3) is 0.0909. The third-order valence-corrected chi connectivity index (χ3v) is 3.54. The molecule has 2 aliphatic heterocycles. The van der Waals surface area contributed by atoms with Crippen LogP contribution in [0.15, 0.2) is 50.4 Å². The first kappa shape index (κ1) is 12.5. The van der Waals surface area contributed by atoms with Crippen molar-refractivity contribution in [3.8, 4) is 0 Å². The molecule has 0 atom stereocenters. The minimum absolute atomic E-state index is 0. The maximum Gasteiger partial charge on any atom is 0.230 e. The summed E-state index contributed by atoms with van der Waals surface area (Å²) in [6.07, 6.45) is 3.47. The van der Waals surface area contributed by atoms with Gasteiger partial charge in [0.05, 0.1) is 22.8 Å². The van der Waals surface area contributed by atoms with Crippen LogP contribution in [0.25, 0.3) is 0 Å². The van der Waals surface area contributed by atoms with Gasteiger partial charge in [0, 0.05) is 11.1 Å². The molecule has 0 amide bonds.